The van der Waals surface area contributed by atoms with Crippen molar-refractivity contribution in [3.63, 3.8) is 0 Å². The second-order valence-corrected chi connectivity index (χ2v) is 6.46. The number of hydrogen-bond acceptors (Lipinski definition) is 4. The van der Waals surface area contributed by atoms with Crippen molar-refractivity contribution in [1.29, 1.82) is 0 Å². The number of hydrogen-bond donors (Lipinski definition) is 2. The molecule has 6 heteroatoms. The summed E-state index contributed by atoms with van der Waals surface area (Å²) in [5.41, 5.74) is -1.05. The van der Waals surface area contributed by atoms with E-state index < -0.39 is 5.60 Å². The molecule has 0 aliphatic rings. The summed E-state index contributed by atoms with van der Waals surface area (Å²) >= 11 is 7.24. The largest absolute Gasteiger partial charge is 0.493 e. The molecule has 1 unspecified atom stereocenters. The van der Waals surface area contributed by atoms with Gasteiger partial charge in [0.05, 0.1) is 19.6 Å². The van der Waals surface area contributed by atoms with E-state index in [1.165, 1.54) is 11.3 Å². The molecule has 0 aliphatic heterocycles. The predicted octanol–water partition coefficient (Wildman–Crippen LogP) is 3.19. The number of amides is 1. The van der Waals surface area contributed by atoms with Gasteiger partial charge in [0.2, 0.25) is 5.91 Å². The Kier molecular flexibility index (Phi) is 5.83. The van der Waals surface area contributed by atoms with E-state index in [9.17, 15) is 9.90 Å². The molecule has 4 nitrogen and oxygen atoms in total. The van der Waals surface area contributed by atoms with Crippen LogP contribution in [0.1, 0.15) is 18.2 Å². The highest BCUT2D eigenvalue weighted by atomic mass is 35.5. The number of carbonyl (C=O) groups is 1. The van der Waals surface area contributed by atoms with Gasteiger partial charge in [-0.05, 0) is 42.6 Å². The van der Waals surface area contributed by atoms with Crippen molar-refractivity contribution in [2.75, 3.05) is 13.2 Å². The highest BCUT2D eigenvalue weighted by Crippen LogP contribution is 2.24. The smallest absolute Gasteiger partial charge is 0.223 e. The third kappa shape index (κ3) is 5.02. The lowest BCUT2D eigenvalue weighted by Gasteiger charge is -2.22. The molecule has 0 saturated carbocycles. The SMILES string of the molecule is CC(O)(CNC(=O)CCOc1ccc(Cl)cc1)c1cccs1. The molecule has 2 N–H and O–H groups in total. The maximum atomic E-state index is 11.8. The normalized spacial score (nSPS) is 13.4. The minimum Gasteiger partial charge on any atom is -0.493 e. The fourth-order valence-corrected chi connectivity index (χ4v) is 2.74. The molecule has 118 valence electrons. The highest BCUT2D eigenvalue weighted by Gasteiger charge is 2.24. The van der Waals surface area contributed by atoms with E-state index in [4.69, 9.17) is 16.3 Å². The first-order valence-electron chi connectivity index (χ1n) is 6.89. The number of thiophene rings is 1. The molecule has 0 bridgehead atoms. The first kappa shape index (κ1) is 16.8. The molecule has 2 rings (SSSR count). The molecule has 1 atom stereocenters. The maximum Gasteiger partial charge on any atom is 0.223 e. The lowest BCUT2D eigenvalue weighted by molar-refractivity contribution is -0.122. The molecule has 0 aliphatic carbocycles. The van der Waals surface area contributed by atoms with Crippen LogP contribution in [-0.2, 0) is 10.4 Å². The van der Waals surface area contributed by atoms with Crippen LogP contribution in [0.15, 0.2) is 41.8 Å². The van der Waals surface area contributed by atoms with Gasteiger partial charge in [-0.15, -0.1) is 11.3 Å². The summed E-state index contributed by atoms with van der Waals surface area (Å²) in [6.45, 7) is 2.13. The molecule has 0 radical (unpaired) electrons. The van der Waals surface area contributed by atoms with Crippen LogP contribution >= 0.6 is 22.9 Å². The van der Waals surface area contributed by atoms with Crippen LogP contribution < -0.4 is 10.1 Å². The molecule has 1 aromatic carbocycles. The van der Waals surface area contributed by atoms with Gasteiger partial charge >= 0.3 is 0 Å². The molecule has 0 saturated heterocycles. The Morgan fingerprint density at radius 1 is 1.36 bits per heavy atom. The number of aliphatic hydroxyl groups is 1. The van der Waals surface area contributed by atoms with Crippen molar-refractivity contribution in [3.05, 3.63) is 51.7 Å². The Balaban J connectivity index is 1.71. The molecule has 0 fully saturated rings. The van der Waals surface area contributed by atoms with Gasteiger partial charge in [-0.25, -0.2) is 0 Å². The summed E-state index contributed by atoms with van der Waals surface area (Å²) in [4.78, 5) is 12.6. The maximum absolute atomic E-state index is 11.8. The van der Waals surface area contributed by atoms with Crippen molar-refractivity contribution in [2.24, 2.45) is 0 Å². The lowest BCUT2D eigenvalue weighted by Crippen LogP contribution is -2.38. The van der Waals surface area contributed by atoms with Crippen LogP contribution in [0, 0.1) is 0 Å². The van der Waals surface area contributed by atoms with Gasteiger partial charge in [0.25, 0.3) is 0 Å². The zero-order valence-corrected chi connectivity index (χ0v) is 13.8. The van der Waals surface area contributed by atoms with E-state index >= 15 is 0 Å². The van der Waals surface area contributed by atoms with Crippen LogP contribution in [0.4, 0.5) is 0 Å². The van der Waals surface area contributed by atoms with Gasteiger partial charge < -0.3 is 15.2 Å². The monoisotopic (exact) mass is 339 g/mol. The Labute approximate surface area is 138 Å². The van der Waals surface area contributed by atoms with Gasteiger partial charge in [0, 0.05) is 9.90 Å². The van der Waals surface area contributed by atoms with E-state index in [0.717, 1.165) is 4.88 Å². The average molecular weight is 340 g/mol. The minimum absolute atomic E-state index is 0.161. The average Bonchev–Trinajstić information content (AvgIpc) is 3.02. The standard InChI is InChI=1S/C16H18ClNO3S/c1-16(20,14-3-2-10-22-14)11-18-15(19)8-9-21-13-6-4-12(17)5-7-13/h2-7,10,20H,8-9,11H2,1H3,(H,18,19). The second-order valence-electron chi connectivity index (χ2n) is 5.08. The molecule has 22 heavy (non-hydrogen) atoms. The zero-order valence-electron chi connectivity index (χ0n) is 12.2. The zero-order chi connectivity index (χ0) is 16.0. The molecule has 2 aromatic rings. The third-order valence-electron chi connectivity index (χ3n) is 3.09. The second kappa shape index (κ2) is 7.63. The summed E-state index contributed by atoms with van der Waals surface area (Å²) in [5.74, 6) is 0.508. The van der Waals surface area contributed by atoms with E-state index in [2.05, 4.69) is 5.32 Å². The van der Waals surface area contributed by atoms with Gasteiger partial charge in [0.15, 0.2) is 0 Å². The Morgan fingerprint density at radius 3 is 2.73 bits per heavy atom. The number of halogens is 1. The molecule has 1 heterocycles. The van der Waals surface area contributed by atoms with E-state index in [1.807, 2.05) is 17.5 Å². The minimum atomic E-state index is -1.05. The summed E-state index contributed by atoms with van der Waals surface area (Å²) in [7, 11) is 0. The fraction of sp³-hybridized carbons (Fsp3) is 0.312. The first-order valence-corrected chi connectivity index (χ1v) is 8.14. The summed E-state index contributed by atoms with van der Waals surface area (Å²) in [6, 6.07) is 10.7. The van der Waals surface area contributed by atoms with Crippen LogP contribution in [-0.4, -0.2) is 24.2 Å². The van der Waals surface area contributed by atoms with Gasteiger partial charge in [0.1, 0.15) is 11.4 Å². The molecule has 0 spiro atoms. The molecule has 1 amide bonds. The third-order valence-corrected chi connectivity index (χ3v) is 4.47. The predicted molar refractivity (Wildman–Crippen MR) is 88.5 cm³/mol. The topological polar surface area (TPSA) is 58.6 Å². The fourth-order valence-electron chi connectivity index (χ4n) is 1.82. The Bertz CT molecular complexity index is 596. The summed E-state index contributed by atoms with van der Waals surface area (Å²) in [5, 5.41) is 15.6. The van der Waals surface area contributed by atoms with Gasteiger partial charge in [-0.2, -0.15) is 0 Å². The van der Waals surface area contributed by atoms with Gasteiger partial charge in [-0.1, -0.05) is 17.7 Å². The summed E-state index contributed by atoms with van der Waals surface area (Å²) < 4.78 is 5.46. The number of nitrogens with one attached hydrogen (secondary N) is 1. The Hall–Kier alpha value is -1.56. The van der Waals surface area contributed by atoms with Gasteiger partial charge in [-0.3, -0.25) is 4.79 Å². The van der Waals surface area contributed by atoms with Crippen molar-refractivity contribution < 1.29 is 14.6 Å². The number of benzene rings is 1. The highest BCUT2D eigenvalue weighted by molar-refractivity contribution is 7.10. The van der Waals surface area contributed by atoms with Crippen LogP contribution in [0.2, 0.25) is 5.02 Å². The van der Waals surface area contributed by atoms with Crippen molar-refractivity contribution in [3.8, 4) is 5.75 Å². The molecular weight excluding hydrogens is 322 g/mol. The number of ether oxygens (including phenoxy) is 1. The first-order chi connectivity index (χ1) is 10.5. The number of rotatable bonds is 7. The molecule has 1 aromatic heterocycles. The van der Waals surface area contributed by atoms with Crippen molar-refractivity contribution in [2.45, 2.75) is 18.9 Å². The van der Waals surface area contributed by atoms with Crippen molar-refractivity contribution in [1.82, 2.24) is 5.32 Å². The molecular formula is C16H18ClNO3S. The van der Waals surface area contributed by atoms with E-state index in [1.54, 1.807) is 31.2 Å². The summed E-state index contributed by atoms with van der Waals surface area (Å²) in [6.07, 6.45) is 0.225. The van der Waals surface area contributed by atoms with Crippen LogP contribution in [0.25, 0.3) is 0 Å². The van der Waals surface area contributed by atoms with E-state index in [-0.39, 0.29) is 25.5 Å². The van der Waals surface area contributed by atoms with Crippen LogP contribution in [0.3, 0.4) is 0 Å². The lowest BCUT2D eigenvalue weighted by atomic mass is 10.1. The van der Waals surface area contributed by atoms with Crippen molar-refractivity contribution >= 4 is 28.8 Å². The van der Waals surface area contributed by atoms with Crippen LogP contribution in [0.5, 0.6) is 5.75 Å². The van der Waals surface area contributed by atoms with E-state index in [0.29, 0.717) is 10.8 Å². The number of carbonyl (C=O) groups excluding carboxylic acids is 1. The Morgan fingerprint density at radius 2 is 2.09 bits per heavy atom. The quantitative estimate of drug-likeness (QED) is 0.814.